The quantitative estimate of drug-likeness (QED) is 0.801. The van der Waals surface area contributed by atoms with Crippen LogP contribution in [0.15, 0.2) is 60.7 Å². The van der Waals surface area contributed by atoms with E-state index in [1.165, 1.54) is 0 Å². The van der Waals surface area contributed by atoms with Crippen LogP contribution in [0, 0.1) is 11.3 Å². The van der Waals surface area contributed by atoms with Crippen molar-refractivity contribution in [2.75, 3.05) is 4.90 Å². The summed E-state index contributed by atoms with van der Waals surface area (Å²) in [6.45, 7) is 3.85. The van der Waals surface area contributed by atoms with Crippen molar-refractivity contribution in [3.05, 3.63) is 60.7 Å². The Morgan fingerprint density at radius 3 is 1.56 bits per heavy atom. The van der Waals surface area contributed by atoms with Crippen molar-refractivity contribution in [1.29, 1.82) is 5.26 Å². The smallest absolute Gasteiger partial charge is 0.126 e. The highest BCUT2D eigenvalue weighted by atomic mass is 15.2. The third-order valence-electron chi connectivity index (χ3n) is 2.86. The average Bonchev–Trinajstić information content (AvgIpc) is 2.41. The maximum atomic E-state index is 9.40. The number of hydrogen-bond donors (Lipinski definition) is 0. The van der Waals surface area contributed by atoms with E-state index in [9.17, 15) is 5.26 Å². The molecule has 2 nitrogen and oxygen atoms in total. The largest absolute Gasteiger partial charge is 0.323 e. The van der Waals surface area contributed by atoms with Crippen LogP contribution in [0.3, 0.4) is 0 Å². The molecular formula is C16H16N2. The molecule has 0 fully saturated rings. The van der Waals surface area contributed by atoms with Crippen molar-refractivity contribution >= 4 is 11.4 Å². The van der Waals surface area contributed by atoms with Crippen molar-refractivity contribution in [1.82, 2.24) is 0 Å². The molecule has 2 rings (SSSR count). The Kier molecular flexibility index (Phi) is 3.34. The minimum Gasteiger partial charge on any atom is -0.323 e. The monoisotopic (exact) mass is 236 g/mol. The Labute approximate surface area is 108 Å². The lowest BCUT2D eigenvalue weighted by molar-refractivity contribution is 0.643. The highest BCUT2D eigenvalue weighted by Gasteiger charge is 2.27. The SMILES string of the molecule is CC(C)(C#N)N(c1ccccc1)c1ccccc1. The van der Waals surface area contributed by atoms with Gasteiger partial charge in [0.05, 0.1) is 6.07 Å². The van der Waals surface area contributed by atoms with Crippen molar-refractivity contribution in [2.24, 2.45) is 0 Å². The second-order valence-corrected chi connectivity index (χ2v) is 4.68. The van der Waals surface area contributed by atoms with E-state index >= 15 is 0 Å². The number of hydrogen-bond acceptors (Lipinski definition) is 2. The number of anilines is 2. The standard InChI is InChI=1S/C16H16N2/c1-16(2,13-17)18(14-9-5-3-6-10-14)15-11-7-4-8-12-15/h3-12H,1-2H3. The number of benzene rings is 2. The molecule has 2 aromatic carbocycles. The summed E-state index contributed by atoms with van der Waals surface area (Å²) in [6, 6.07) is 22.3. The van der Waals surface area contributed by atoms with Crippen molar-refractivity contribution < 1.29 is 0 Å². The first-order valence-electron chi connectivity index (χ1n) is 5.97. The van der Waals surface area contributed by atoms with E-state index in [2.05, 4.69) is 6.07 Å². The van der Waals surface area contributed by atoms with Gasteiger partial charge in [0.15, 0.2) is 0 Å². The van der Waals surface area contributed by atoms with Crippen LogP contribution < -0.4 is 4.90 Å². The summed E-state index contributed by atoms with van der Waals surface area (Å²) in [5.74, 6) is 0. The molecule has 18 heavy (non-hydrogen) atoms. The molecule has 2 heteroatoms. The first kappa shape index (κ1) is 12.2. The van der Waals surface area contributed by atoms with Gasteiger partial charge in [0.25, 0.3) is 0 Å². The summed E-state index contributed by atoms with van der Waals surface area (Å²) < 4.78 is 0. The third kappa shape index (κ3) is 2.36. The predicted octanol–water partition coefficient (Wildman–Crippen LogP) is 4.13. The first-order valence-corrected chi connectivity index (χ1v) is 5.97. The lowest BCUT2D eigenvalue weighted by atomic mass is 10.0. The number of nitrogens with zero attached hydrogens (tertiary/aromatic N) is 2. The van der Waals surface area contributed by atoms with Gasteiger partial charge in [-0.2, -0.15) is 5.26 Å². The molecular weight excluding hydrogens is 220 g/mol. The van der Waals surface area contributed by atoms with E-state index in [0.717, 1.165) is 11.4 Å². The molecule has 0 heterocycles. The maximum absolute atomic E-state index is 9.40. The Morgan fingerprint density at radius 1 is 0.833 bits per heavy atom. The summed E-state index contributed by atoms with van der Waals surface area (Å²) in [7, 11) is 0. The fourth-order valence-corrected chi connectivity index (χ4v) is 2.00. The van der Waals surface area contributed by atoms with Crippen LogP contribution in [0.1, 0.15) is 13.8 Å². The minimum atomic E-state index is -0.595. The lowest BCUT2D eigenvalue weighted by Gasteiger charge is -2.35. The molecule has 0 spiro atoms. The molecule has 0 saturated carbocycles. The number of rotatable bonds is 3. The van der Waals surface area contributed by atoms with Gasteiger partial charge in [0.2, 0.25) is 0 Å². The summed E-state index contributed by atoms with van der Waals surface area (Å²) in [5.41, 5.74) is 1.45. The second-order valence-electron chi connectivity index (χ2n) is 4.68. The molecule has 0 atom stereocenters. The molecule has 0 saturated heterocycles. The summed E-state index contributed by atoms with van der Waals surface area (Å²) in [5, 5.41) is 9.40. The molecule has 2 aromatic rings. The molecule has 0 N–H and O–H groups in total. The van der Waals surface area contributed by atoms with Gasteiger partial charge >= 0.3 is 0 Å². The van der Waals surface area contributed by atoms with Crippen LogP contribution in [0.25, 0.3) is 0 Å². The molecule has 90 valence electrons. The van der Waals surface area contributed by atoms with Gasteiger partial charge < -0.3 is 4.90 Å². The van der Waals surface area contributed by atoms with Gasteiger partial charge in [-0.05, 0) is 38.1 Å². The van der Waals surface area contributed by atoms with Crippen LogP contribution in [0.5, 0.6) is 0 Å². The van der Waals surface area contributed by atoms with E-state index in [-0.39, 0.29) is 0 Å². The molecule has 0 unspecified atom stereocenters. The Balaban J connectivity index is 2.53. The Hall–Kier alpha value is -2.27. The summed E-state index contributed by atoms with van der Waals surface area (Å²) >= 11 is 0. The highest BCUT2D eigenvalue weighted by molar-refractivity contribution is 5.66. The molecule has 0 radical (unpaired) electrons. The summed E-state index contributed by atoms with van der Waals surface area (Å²) in [6.07, 6.45) is 0. The first-order chi connectivity index (χ1) is 8.65. The van der Waals surface area contributed by atoms with Gasteiger partial charge in [-0.3, -0.25) is 0 Å². The van der Waals surface area contributed by atoms with Crippen molar-refractivity contribution in [2.45, 2.75) is 19.4 Å². The molecule has 0 aromatic heterocycles. The van der Waals surface area contributed by atoms with E-state index in [1.54, 1.807) is 0 Å². The molecule has 0 aliphatic rings. The van der Waals surface area contributed by atoms with E-state index in [4.69, 9.17) is 0 Å². The van der Waals surface area contributed by atoms with Gasteiger partial charge in [-0.15, -0.1) is 0 Å². The molecule has 0 bridgehead atoms. The number of para-hydroxylation sites is 2. The third-order valence-corrected chi connectivity index (χ3v) is 2.86. The van der Waals surface area contributed by atoms with Crippen LogP contribution in [0.2, 0.25) is 0 Å². The number of nitriles is 1. The Bertz CT molecular complexity index is 499. The highest BCUT2D eigenvalue weighted by Crippen LogP contribution is 2.32. The van der Waals surface area contributed by atoms with Crippen molar-refractivity contribution in [3.8, 4) is 6.07 Å². The van der Waals surface area contributed by atoms with Crippen LogP contribution in [0.4, 0.5) is 11.4 Å². The Morgan fingerprint density at radius 2 is 1.22 bits per heavy atom. The summed E-state index contributed by atoms with van der Waals surface area (Å²) in [4.78, 5) is 2.05. The predicted molar refractivity (Wildman–Crippen MR) is 74.7 cm³/mol. The van der Waals surface area contributed by atoms with Gasteiger partial charge in [-0.25, -0.2) is 0 Å². The average molecular weight is 236 g/mol. The van der Waals surface area contributed by atoms with Gasteiger partial charge in [0, 0.05) is 11.4 Å². The molecule has 0 aliphatic carbocycles. The lowest BCUT2D eigenvalue weighted by Crippen LogP contribution is -2.39. The zero-order valence-electron chi connectivity index (χ0n) is 10.7. The van der Waals surface area contributed by atoms with E-state index < -0.39 is 5.54 Å². The van der Waals surface area contributed by atoms with Crippen LogP contribution in [-0.2, 0) is 0 Å². The normalized spacial score (nSPS) is 10.7. The molecule has 0 amide bonds. The zero-order valence-corrected chi connectivity index (χ0v) is 10.7. The van der Waals surface area contributed by atoms with Crippen LogP contribution in [-0.4, -0.2) is 5.54 Å². The fourth-order valence-electron chi connectivity index (χ4n) is 2.00. The topological polar surface area (TPSA) is 27.0 Å². The van der Waals surface area contributed by atoms with Crippen LogP contribution >= 0.6 is 0 Å². The maximum Gasteiger partial charge on any atom is 0.126 e. The van der Waals surface area contributed by atoms with Gasteiger partial charge in [-0.1, -0.05) is 36.4 Å². The van der Waals surface area contributed by atoms with Crippen molar-refractivity contribution in [3.63, 3.8) is 0 Å². The van der Waals surface area contributed by atoms with E-state index in [0.29, 0.717) is 0 Å². The second kappa shape index (κ2) is 4.93. The zero-order chi connectivity index (χ0) is 13.0. The fraction of sp³-hybridized carbons (Fsp3) is 0.188. The minimum absolute atomic E-state index is 0.595. The van der Waals surface area contributed by atoms with Gasteiger partial charge in [0.1, 0.15) is 5.54 Å². The van der Waals surface area contributed by atoms with E-state index in [1.807, 2.05) is 79.4 Å². The molecule has 0 aliphatic heterocycles.